The standard InChI is InChI=1S/C27H31F3N4O2/c1-14(16-4-3-5-17(23(16)28)25(29)30)31-26(36)20-13-34(15-9-27(10-15)6-7-27)22(35)8-21(20)32-24-18-11-33(2)12-19(18)24/h3-5,8,13-15,18-19,24-25,32H,6-7,9-12H2,1-2H3,(H,31,36)/t14-,18-,19+,24+/m1/s1. The van der Waals surface area contributed by atoms with Gasteiger partial charge in [0.15, 0.2) is 0 Å². The number of hydrogen-bond donors (Lipinski definition) is 2. The number of alkyl halides is 2. The van der Waals surface area contributed by atoms with Crippen LogP contribution in [0, 0.1) is 23.1 Å². The molecule has 3 aliphatic carbocycles. The number of anilines is 1. The van der Waals surface area contributed by atoms with Crippen LogP contribution in [0.1, 0.15) is 72.6 Å². The zero-order valence-electron chi connectivity index (χ0n) is 20.4. The summed E-state index contributed by atoms with van der Waals surface area (Å²) in [5.41, 5.74) is 0.364. The van der Waals surface area contributed by atoms with Gasteiger partial charge in [-0.15, -0.1) is 0 Å². The van der Waals surface area contributed by atoms with E-state index in [0.717, 1.165) is 32.0 Å². The van der Waals surface area contributed by atoms with Gasteiger partial charge in [-0.3, -0.25) is 9.59 Å². The van der Waals surface area contributed by atoms with E-state index in [2.05, 4.69) is 22.6 Å². The first kappa shape index (κ1) is 23.6. The molecule has 0 unspecified atom stereocenters. The Morgan fingerprint density at radius 2 is 1.81 bits per heavy atom. The lowest BCUT2D eigenvalue weighted by atomic mass is 9.76. The molecule has 2 N–H and O–H groups in total. The number of piperidine rings is 1. The highest BCUT2D eigenvalue weighted by atomic mass is 19.3. The second-order valence-electron chi connectivity index (χ2n) is 11.4. The summed E-state index contributed by atoms with van der Waals surface area (Å²) in [5, 5.41) is 6.21. The summed E-state index contributed by atoms with van der Waals surface area (Å²) in [6, 6.07) is 4.77. The Kier molecular flexibility index (Phi) is 5.48. The SMILES string of the molecule is C[C@@H](NC(=O)c1cn(C2CC3(CC3)C2)c(=O)cc1N[C@H]1[C@@H]2CN(C)C[C@@H]21)c1cccc(C(F)F)c1F. The van der Waals surface area contributed by atoms with Crippen molar-refractivity contribution in [2.75, 3.05) is 25.5 Å². The van der Waals surface area contributed by atoms with Crippen LogP contribution < -0.4 is 16.2 Å². The van der Waals surface area contributed by atoms with E-state index in [1.165, 1.54) is 31.0 Å². The number of rotatable bonds is 7. The van der Waals surface area contributed by atoms with Crippen molar-refractivity contribution in [1.82, 2.24) is 14.8 Å². The molecular weight excluding hydrogens is 469 g/mol. The highest BCUT2D eigenvalue weighted by molar-refractivity contribution is 5.99. The van der Waals surface area contributed by atoms with Gasteiger partial charge in [0.2, 0.25) is 0 Å². The highest BCUT2D eigenvalue weighted by Crippen LogP contribution is 2.64. The van der Waals surface area contributed by atoms with E-state index in [-0.39, 0.29) is 23.2 Å². The minimum atomic E-state index is -2.94. The lowest BCUT2D eigenvalue weighted by Crippen LogP contribution is -2.37. The monoisotopic (exact) mass is 500 g/mol. The highest BCUT2D eigenvalue weighted by Gasteiger charge is 2.55. The number of carbonyl (C=O) groups excluding carboxylic acids is 1. The van der Waals surface area contributed by atoms with Gasteiger partial charge in [-0.1, -0.05) is 18.2 Å². The van der Waals surface area contributed by atoms with Gasteiger partial charge in [0.05, 0.1) is 22.9 Å². The topological polar surface area (TPSA) is 66.4 Å². The van der Waals surface area contributed by atoms with Gasteiger partial charge in [-0.2, -0.15) is 0 Å². The normalized spacial score (nSPS) is 27.0. The van der Waals surface area contributed by atoms with Gasteiger partial charge in [0.1, 0.15) is 5.82 Å². The number of nitrogens with one attached hydrogen (secondary N) is 2. The molecule has 2 aromatic rings. The fourth-order valence-corrected chi connectivity index (χ4v) is 6.41. The van der Waals surface area contributed by atoms with E-state index in [1.807, 2.05) is 0 Å². The molecule has 6 nitrogen and oxygen atoms in total. The summed E-state index contributed by atoms with van der Waals surface area (Å²) in [5.74, 6) is -0.508. The number of pyridine rings is 1. The predicted molar refractivity (Wildman–Crippen MR) is 130 cm³/mol. The Hall–Kier alpha value is -2.81. The van der Waals surface area contributed by atoms with Crippen LogP contribution in [-0.2, 0) is 0 Å². The largest absolute Gasteiger partial charge is 0.381 e. The van der Waals surface area contributed by atoms with Crippen LogP contribution in [-0.4, -0.2) is 41.6 Å². The van der Waals surface area contributed by atoms with Crippen LogP contribution in [0.15, 0.2) is 35.3 Å². The molecule has 1 saturated heterocycles. The predicted octanol–water partition coefficient (Wildman–Crippen LogP) is 4.50. The average Bonchev–Trinajstić information content (AvgIpc) is 3.68. The summed E-state index contributed by atoms with van der Waals surface area (Å²) in [6.07, 6.45) is 2.98. The van der Waals surface area contributed by atoms with Crippen molar-refractivity contribution in [3.63, 3.8) is 0 Å². The van der Waals surface area contributed by atoms with E-state index in [9.17, 15) is 22.8 Å². The molecular formula is C27H31F3N4O2. The van der Waals surface area contributed by atoms with Crippen molar-refractivity contribution < 1.29 is 18.0 Å². The van der Waals surface area contributed by atoms with Crippen molar-refractivity contribution in [3.05, 3.63) is 63.3 Å². The Labute approximate surface area is 207 Å². The van der Waals surface area contributed by atoms with E-state index >= 15 is 0 Å². The van der Waals surface area contributed by atoms with Gasteiger partial charge in [-0.25, -0.2) is 13.2 Å². The molecule has 6 rings (SSSR count). The van der Waals surface area contributed by atoms with Crippen molar-refractivity contribution in [1.29, 1.82) is 0 Å². The number of carbonyl (C=O) groups is 1. The van der Waals surface area contributed by atoms with Crippen LogP contribution in [0.5, 0.6) is 0 Å². The van der Waals surface area contributed by atoms with Crippen molar-refractivity contribution in [3.8, 4) is 0 Å². The van der Waals surface area contributed by atoms with Gasteiger partial charge in [0, 0.05) is 43.0 Å². The fourth-order valence-electron chi connectivity index (χ4n) is 6.41. The van der Waals surface area contributed by atoms with Crippen molar-refractivity contribution >= 4 is 11.6 Å². The molecule has 1 aromatic carbocycles. The first-order valence-electron chi connectivity index (χ1n) is 12.7. The Morgan fingerprint density at radius 1 is 1.14 bits per heavy atom. The number of hydrogen-bond acceptors (Lipinski definition) is 4. The molecule has 4 fully saturated rings. The summed E-state index contributed by atoms with van der Waals surface area (Å²) in [7, 11) is 2.08. The third-order valence-corrected chi connectivity index (χ3v) is 8.82. The third-order valence-electron chi connectivity index (χ3n) is 8.82. The molecule has 4 aliphatic rings. The molecule has 2 heterocycles. The van der Waals surface area contributed by atoms with E-state index in [1.54, 1.807) is 17.7 Å². The fraction of sp³-hybridized carbons (Fsp3) is 0.556. The van der Waals surface area contributed by atoms with Crippen LogP contribution in [0.4, 0.5) is 18.9 Å². The summed E-state index contributed by atoms with van der Waals surface area (Å²) in [4.78, 5) is 28.8. The molecule has 3 saturated carbocycles. The second-order valence-corrected chi connectivity index (χ2v) is 11.4. The van der Waals surface area contributed by atoms with Gasteiger partial charge in [-0.05, 0) is 56.9 Å². The lowest BCUT2D eigenvalue weighted by Gasteiger charge is -2.37. The van der Waals surface area contributed by atoms with E-state index in [4.69, 9.17) is 0 Å². The Bertz CT molecular complexity index is 1250. The molecule has 1 aliphatic heterocycles. The number of fused-ring (bicyclic) bond motifs is 1. The maximum atomic E-state index is 14.7. The maximum absolute atomic E-state index is 14.7. The van der Waals surface area contributed by atoms with Gasteiger partial charge >= 0.3 is 0 Å². The first-order valence-corrected chi connectivity index (χ1v) is 12.7. The molecule has 0 bridgehead atoms. The zero-order valence-corrected chi connectivity index (χ0v) is 20.4. The summed E-state index contributed by atoms with van der Waals surface area (Å²) >= 11 is 0. The third kappa shape index (κ3) is 4.01. The van der Waals surface area contributed by atoms with E-state index in [0.29, 0.717) is 28.5 Å². The number of aromatic nitrogens is 1. The molecule has 1 spiro atoms. The summed E-state index contributed by atoms with van der Waals surface area (Å²) < 4.78 is 42.7. The summed E-state index contributed by atoms with van der Waals surface area (Å²) in [6.45, 7) is 3.52. The molecule has 4 atom stereocenters. The molecule has 0 radical (unpaired) electrons. The Morgan fingerprint density at radius 3 is 2.44 bits per heavy atom. The van der Waals surface area contributed by atoms with Crippen molar-refractivity contribution in [2.24, 2.45) is 17.3 Å². The second kappa shape index (κ2) is 8.36. The maximum Gasteiger partial charge on any atom is 0.266 e. The minimum Gasteiger partial charge on any atom is -0.381 e. The molecule has 1 aromatic heterocycles. The molecule has 36 heavy (non-hydrogen) atoms. The van der Waals surface area contributed by atoms with Crippen LogP contribution >= 0.6 is 0 Å². The Balaban J connectivity index is 1.27. The number of benzene rings is 1. The smallest absolute Gasteiger partial charge is 0.266 e. The number of halogens is 3. The molecule has 9 heteroatoms. The number of nitrogens with zero attached hydrogens (tertiary/aromatic N) is 2. The van der Waals surface area contributed by atoms with Gasteiger partial charge < -0.3 is 20.1 Å². The lowest BCUT2D eigenvalue weighted by molar-refractivity contribution is 0.0938. The quantitative estimate of drug-likeness (QED) is 0.588. The molecule has 192 valence electrons. The minimum absolute atomic E-state index is 0.00147. The van der Waals surface area contributed by atoms with E-state index < -0.39 is 29.8 Å². The number of amides is 1. The first-order chi connectivity index (χ1) is 17.2. The van der Waals surface area contributed by atoms with Crippen LogP contribution in [0.2, 0.25) is 0 Å². The van der Waals surface area contributed by atoms with Crippen LogP contribution in [0.3, 0.4) is 0 Å². The van der Waals surface area contributed by atoms with Crippen LogP contribution in [0.25, 0.3) is 0 Å². The molecule has 1 amide bonds. The van der Waals surface area contributed by atoms with Gasteiger partial charge in [0.25, 0.3) is 17.9 Å². The zero-order chi connectivity index (χ0) is 25.4. The van der Waals surface area contributed by atoms with Crippen molar-refractivity contribution in [2.45, 2.75) is 57.2 Å². The number of likely N-dealkylation sites (tertiary alicyclic amines) is 1. The average molecular weight is 501 g/mol.